The fourth-order valence-corrected chi connectivity index (χ4v) is 5.62. The van der Waals surface area contributed by atoms with Crippen molar-refractivity contribution in [1.29, 1.82) is 0 Å². The molecule has 187 valence electrons. The molecule has 0 aliphatic carbocycles. The Bertz CT molecular complexity index is 1780. The molecule has 0 N–H and O–H groups in total. The van der Waals surface area contributed by atoms with Crippen LogP contribution in [0.25, 0.3) is 44.5 Å². The van der Waals surface area contributed by atoms with Crippen molar-refractivity contribution in [1.82, 2.24) is 9.97 Å². The first-order valence-corrected chi connectivity index (χ1v) is 15.3. The van der Waals surface area contributed by atoms with Crippen LogP contribution in [0.5, 0.6) is 0 Å². The Hall–Kier alpha value is -3.37. The number of aryl methyl sites for hydroxylation is 1. The van der Waals surface area contributed by atoms with Crippen molar-refractivity contribution in [2.24, 2.45) is 0 Å². The Morgan fingerprint density at radius 1 is 0.892 bits per heavy atom. The average molecular weight is 681 g/mol. The molecule has 5 heteroatoms. The summed E-state index contributed by atoms with van der Waals surface area (Å²) in [5.74, 6) is 0. The van der Waals surface area contributed by atoms with E-state index in [-0.39, 0.29) is 25.7 Å². The van der Waals surface area contributed by atoms with Gasteiger partial charge in [-0.3, -0.25) is 0 Å². The van der Waals surface area contributed by atoms with Gasteiger partial charge in [0.2, 0.25) is 0 Å². The first kappa shape index (κ1) is 21.7. The molecule has 0 aliphatic rings. The third kappa shape index (κ3) is 5.80. The van der Waals surface area contributed by atoms with E-state index in [2.05, 4.69) is 53.9 Å². The van der Waals surface area contributed by atoms with Crippen LogP contribution in [0, 0.1) is 19.0 Å². The molecule has 0 saturated carbocycles. The second-order valence-corrected chi connectivity index (χ2v) is 14.5. The van der Waals surface area contributed by atoms with E-state index in [0.29, 0.717) is 6.04 Å². The summed E-state index contributed by atoms with van der Waals surface area (Å²) in [6.45, 7) is 4.91. The molecule has 0 aliphatic heterocycles. The van der Waals surface area contributed by atoms with E-state index >= 15 is 0 Å². The molecule has 6 rings (SSSR count). The van der Waals surface area contributed by atoms with Crippen LogP contribution in [-0.4, -0.2) is 18.0 Å². The largest absolute Gasteiger partial charge is 0.501 e. The van der Waals surface area contributed by atoms with Crippen LogP contribution < -0.4 is 5.19 Å². The maximum atomic E-state index is 7.86. The second-order valence-electron chi connectivity index (χ2n) is 9.48. The van der Waals surface area contributed by atoms with Gasteiger partial charge in [0.15, 0.2) is 0 Å². The number of nitrogens with zero attached hydrogens (tertiary/aromatic N) is 2. The Morgan fingerprint density at radius 2 is 1.73 bits per heavy atom. The molecule has 3 aromatic carbocycles. The van der Waals surface area contributed by atoms with Crippen LogP contribution in [-0.2, 0) is 20.1 Å². The molecule has 0 fully saturated rings. The molecular weight excluding hydrogens is 649 g/mol. The van der Waals surface area contributed by atoms with Crippen molar-refractivity contribution in [3.8, 4) is 22.5 Å². The van der Waals surface area contributed by atoms with Gasteiger partial charge < -0.3 is 14.4 Å². The molecule has 0 unspecified atom stereocenters. The standard InChI is InChI=1S/C20H18NOSi.C12H10N.Ir/c1-23(2,3)18-12-11-14(16-9-6-7-13-21-16)20-19(18)15-8-4-5-10-17(15)22-20;1-10-7-8-12(13-9-10)11-5-3-2-4-6-11;/h4-10,12-13H,1-3H3;2-5,7-9H,1H3;/q2*-1;/i6D;1D3;. The van der Waals surface area contributed by atoms with Gasteiger partial charge in [-0.2, -0.15) is 0 Å². The number of benzene rings is 3. The Kier molecular flexibility index (Phi) is 6.65. The molecule has 3 nitrogen and oxygen atoms in total. The summed E-state index contributed by atoms with van der Waals surface area (Å²) in [5, 5.41) is 3.66. The number of hydrogen-bond donors (Lipinski definition) is 0. The molecule has 0 spiro atoms. The quantitative estimate of drug-likeness (QED) is 0.141. The van der Waals surface area contributed by atoms with Crippen molar-refractivity contribution in [3.05, 3.63) is 115 Å². The van der Waals surface area contributed by atoms with Gasteiger partial charge in [-0.05, 0) is 35.9 Å². The third-order valence-corrected chi connectivity index (χ3v) is 7.88. The van der Waals surface area contributed by atoms with E-state index in [9.17, 15) is 0 Å². The van der Waals surface area contributed by atoms with Gasteiger partial charge >= 0.3 is 0 Å². The van der Waals surface area contributed by atoms with Gasteiger partial charge in [0.1, 0.15) is 5.58 Å². The zero-order valence-electron chi connectivity index (χ0n) is 24.8. The number of hydrogen-bond acceptors (Lipinski definition) is 3. The van der Waals surface area contributed by atoms with E-state index in [0.717, 1.165) is 39.1 Å². The van der Waals surface area contributed by atoms with Crippen molar-refractivity contribution in [2.45, 2.75) is 26.5 Å². The second kappa shape index (κ2) is 11.3. The summed E-state index contributed by atoms with van der Waals surface area (Å²) in [5.41, 5.74) is 5.12. The van der Waals surface area contributed by atoms with Crippen molar-refractivity contribution in [2.75, 3.05) is 0 Å². The Labute approximate surface area is 238 Å². The maximum Gasteiger partial charge on any atom is 0.120 e. The summed E-state index contributed by atoms with van der Waals surface area (Å²) in [6.07, 6.45) is 3.05. The van der Waals surface area contributed by atoms with Crippen LogP contribution in [0.1, 0.15) is 11.0 Å². The van der Waals surface area contributed by atoms with Crippen LogP contribution in [0.2, 0.25) is 19.6 Å². The molecule has 3 aromatic heterocycles. The molecule has 0 atom stereocenters. The zero-order valence-corrected chi connectivity index (χ0v) is 24.2. The van der Waals surface area contributed by atoms with Gasteiger partial charge in [-0.1, -0.05) is 73.0 Å². The van der Waals surface area contributed by atoms with E-state index in [4.69, 9.17) is 9.90 Å². The van der Waals surface area contributed by atoms with Gasteiger partial charge in [0, 0.05) is 50.1 Å². The molecular formula is C32H28IrN2OSi-2. The number of para-hydroxylation sites is 1. The topological polar surface area (TPSA) is 38.9 Å². The van der Waals surface area contributed by atoms with Crippen LogP contribution in [0.15, 0.2) is 102 Å². The molecule has 3 heterocycles. The molecule has 0 saturated heterocycles. The molecule has 37 heavy (non-hydrogen) atoms. The van der Waals surface area contributed by atoms with E-state index < -0.39 is 14.9 Å². The van der Waals surface area contributed by atoms with Crippen molar-refractivity contribution < 1.29 is 30.0 Å². The number of aromatic nitrogens is 2. The minimum Gasteiger partial charge on any atom is -0.501 e. The first-order valence-electron chi connectivity index (χ1n) is 13.8. The number of furan rings is 1. The van der Waals surface area contributed by atoms with Crippen molar-refractivity contribution in [3.63, 3.8) is 0 Å². The minimum absolute atomic E-state index is 0. The summed E-state index contributed by atoms with van der Waals surface area (Å²) < 4.78 is 35.8. The predicted octanol–water partition coefficient (Wildman–Crippen LogP) is 7.85. The fraction of sp³-hybridized carbons (Fsp3) is 0.125. The predicted molar refractivity (Wildman–Crippen MR) is 152 cm³/mol. The fourth-order valence-electron chi connectivity index (χ4n) is 4.12. The molecule has 1 radical (unpaired) electrons. The van der Waals surface area contributed by atoms with Gasteiger partial charge in [-0.25, -0.2) is 0 Å². The average Bonchev–Trinajstić information content (AvgIpc) is 3.32. The summed E-state index contributed by atoms with van der Waals surface area (Å²) in [7, 11) is -1.56. The smallest absolute Gasteiger partial charge is 0.120 e. The SMILES string of the molecule is [2H]C([2H])([2H])c1ccc(-c2[c-]cccc2)nc1.[2H]c1ccnc(-c2[c-]cc([Si](C)(C)C)c3c2oc2ccccc23)c1.[Ir]. The van der Waals surface area contributed by atoms with Gasteiger partial charge in [0.25, 0.3) is 0 Å². The summed E-state index contributed by atoms with van der Waals surface area (Å²) >= 11 is 0. The molecule has 6 aromatic rings. The summed E-state index contributed by atoms with van der Waals surface area (Å²) in [4.78, 5) is 8.55. The molecule has 0 bridgehead atoms. The van der Waals surface area contributed by atoms with E-state index in [1.54, 1.807) is 36.5 Å². The van der Waals surface area contributed by atoms with Crippen LogP contribution >= 0.6 is 0 Å². The van der Waals surface area contributed by atoms with E-state index in [1.165, 1.54) is 16.8 Å². The Balaban J connectivity index is 0.000000200. The number of rotatable bonds is 3. The zero-order chi connectivity index (χ0) is 28.5. The summed E-state index contributed by atoms with van der Waals surface area (Å²) in [6, 6.07) is 31.3. The molecule has 0 amide bonds. The monoisotopic (exact) mass is 681 g/mol. The normalized spacial score (nSPS) is 12.9. The van der Waals surface area contributed by atoms with E-state index in [1.807, 2.05) is 36.4 Å². The van der Waals surface area contributed by atoms with Crippen molar-refractivity contribution >= 4 is 35.2 Å². The number of fused-ring (bicyclic) bond motifs is 3. The van der Waals surface area contributed by atoms with Crippen LogP contribution in [0.3, 0.4) is 0 Å². The first-order chi connectivity index (χ1) is 19.0. The maximum absolute atomic E-state index is 7.86. The van der Waals surface area contributed by atoms with Gasteiger partial charge in [0.05, 0.1) is 6.95 Å². The Morgan fingerprint density at radius 3 is 2.43 bits per heavy atom. The van der Waals surface area contributed by atoms with Gasteiger partial charge in [-0.15, -0.1) is 53.2 Å². The minimum atomic E-state index is -2.09. The third-order valence-electron chi connectivity index (χ3n) is 5.87. The number of pyridine rings is 2. The van der Waals surface area contributed by atoms with Crippen LogP contribution in [0.4, 0.5) is 0 Å².